The second-order valence-corrected chi connectivity index (χ2v) is 6.35. The molecule has 3 rings (SSSR count). The highest BCUT2D eigenvalue weighted by molar-refractivity contribution is 7.18. The van der Waals surface area contributed by atoms with Crippen LogP contribution in [0.5, 0.6) is 0 Å². The highest BCUT2D eigenvalue weighted by atomic mass is 35.5. The van der Waals surface area contributed by atoms with E-state index in [1.165, 1.54) is 11.3 Å². The van der Waals surface area contributed by atoms with Crippen LogP contribution in [0.25, 0.3) is 11.1 Å². The number of hydrogen-bond acceptors (Lipinski definition) is 4. The third-order valence-electron chi connectivity index (χ3n) is 3.17. The van der Waals surface area contributed by atoms with Crippen molar-refractivity contribution in [2.75, 3.05) is 0 Å². The molecule has 0 radical (unpaired) electrons. The van der Waals surface area contributed by atoms with Crippen molar-refractivity contribution in [2.45, 2.75) is 19.9 Å². The number of benzene rings is 1. The van der Waals surface area contributed by atoms with E-state index in [1.807, 2.05) is 6.92 Å². The van der Waals surface area contributed by atoms with Crippen molar-refractivity contribution in [1.82, 2.24) is 4.57 Å². The molecule has 0 saturated carbocycles. The van der Waals surface area contributed by atoms with Crippen molar-refractivity contribution in [1.29, 1.82) is 0 Å². The topological polar surface area (TPSA) is 52.2 Å². The van der Waals surface area contributed by atoms with Gasteiger partial charge in [-0.05, 0) is 36.8 Å². The van der Waals surface area contributed by atoms with E-state index in [2.05, 4.69) is 0 Å². The fourth-order valence-electron chi connectivity index (χ4n) is 2.22. The summed E-state index contributed by atoms with van der Waals surface area (Å²) in [5.74, 6) is -0.518. The molecule has 0 spiro atoms. The summed E-state index contributed by atoms with van der Waals surface area (Å²) in [6, 6.07) is 8.45. The minimum atomic E-state index is -0.393. The van der Waals surface area contributed by atoms with Crippen LogP contribution in [0.15, 0.2) is 39.5 Å². The largest absolute Gasteiger partial charge is 0.419 e. The average Bonchev–Trinajstić information content (AvgIpc) is 3.02. The van der Waals surface area contributed by atoms with Gasteiger partial charge in [0.2, 0.25) is 5.78 Å². The standard InChI is InChI=1S/C15H12ClNO3S/c1-2-7-17-10-4-3-9(8-11(10)20-15(17)19)14(18)12-5-6-13(16)21-12/h3-6,8H,2,7H2,1H3. The highest BCUT2D eigenvalue weighted by Gasteiger charge is 2.15. The summed E-state index contributed by atoms with van der Waals surface area (Å²) in [5, 5.41) is 0. The number of aryl methyl sites for hydroxylation is 1. The zero-order valence-corrected chi connectivity index (χ0v) is 12.8. The van der Waals surface area contributed by atoms with Gasteiger partial charge >= 0.3 is 5.76 Å². The molecule has 0 aliphatic rings. The van der Waals surface area contributed by atoms with E-state index in [-0.39, 0.29) is 5.78 Å². The molecule has 0 unspecified atom stereocenters. The number of thiophene rings is 1. The lowest BCUT2D eigenvalue weighted by atomic mass is 10.1. The van der Waals surface area contributed by atoms with Gasteiger partial charge in [-0.3, -0.25) is 9.36 Å². The molecule has 21 heavy (non-hydrogen) atoms. The summed E-state index contributed by atoms with van der Waals surface area (Å²) in [4.78, 5) is 24.7. The molecule has 0 amide bonds. The molecule has 2 aromatic heterocycles. The molecule has 0 saturated heterocycles. The van der Waals surface area contributed by atoms with E-state index in [9.17, 15) is 9.59 Å². The number of carbonyl (C=O) groups is 1. The van der Waals surface area contributed by atoms with Crippen LogP contribution < -0.4 is 5.76 Å². The summed E-state index contributed by atoms with van der Waals surface area (Å²) in [5.41, 5.74) is 1.63. The average molecular weight is 322 g/mol. The predicted molar refractivity (Wildman–Crippen MR) is 83.5 cm³/mol. The summed E-state index contributed by atoms with van der Waals surface area (Å²) in [6.07, 6.45) is 0.836. The first-order valence-corrected chi connectivity index (χ1v) is 7.73. The molecule has 0 bridgehead atoms. The summed E-state index contributed by atoms with van der Waals surface area (Å²) >= 11 is 7.08. The quantitative estimate of drug-likeness (QED) is 0.684. The predicted octanol–water partition coefficient (Wildman–Crippen LogP) is 3.95. The molecule has 4 nitrogen and oxygen atoms in total. The van der Waals surface area contributed by atoms with Gasteiger partial charge < -0.3 is 4.42 Å². The third-order valence-corrected chi connectivity index (χ3v) is 4.40. The minimum absolute atomic E-state index is 0.125. The SMILES string of the molecule is CCCn1c(=O)oc2cc(C(=O)c3ccc(Cl)s3)ccc21. The van der Waals surface area contributed by atoms with Gasteiger partial charge in [-0.25, -0.2) is 4.79 Å². The van der Waals surface area contributed by atoms with Crippen LogP contribution in [-0.2, 0) is 6.54 Å². The van der Waals surface area contributed by atoms with Crippen molar-refractivity contribution in [3.63, 3.8) is 0 Å². The van der Waals surface area contributed by atoms with Crippen molar-refractivity contribution in [3.05, 3.63) is 55.7 Å². The Kier molecular flexibility index (Phi) is 3.69. The Morgan fingerprint density at radius 1 is 1.33 bits per heavy atom. The molecular weight excluding hydrogens is 310 g/mol. The molecule has 0 aliphatic carbocycles. The molecule has 6 heteroatoms. The Hall–Kier alpha value is -1.85. The van der Waals surface area contributed by atoms with Gasteiger partial charge in [0.15, 0.2) is 5.58 Å². The van der Waals surface area contributed by atoms with E-state index in [1.54, 1.807) is 34.9 Å². The van der Waals surface area contributed by atoms with Crippen LogP contribution in [0, 0.1) is 0 Å². The lowest BCUT2D eigenvalue weighted by molar-refractivity contribution is 0.104. The summed E-state index contributed by atoms with van der Waals surface area (Å²) in [6.45, 7) is 2.59. The fourth-order valence-corrected chi connectivity index (χ4v) is 3.23. The zero-order valence-electron chi connectivity index (χ0n) is 11.3. The van der Waals surface area contributed by atoms with Crippen molar-refractivity contribution in [3.8, 4) is 0 Å². The number of oxazole rings is 1. The second kappa shape index (κ2) is 5.50. The number of ketones is 1. The van der Waals surface area contributed by atoms with Gasteiger partial charge in [-0.1, -0.05) is 18.5 Å². The summed E-state index contributed by atoms with van der Waals surface area (Å²) < 4.78 is 7.36. The lowest BCUT2D eigenvalue weighted by Gasteiger charge is -2.00. The number of hydrogen-bond donors (Lipinski definition) is 0. The Bertz CT molecular complexity index is 875. The van der Waals surface area contributed by atoms with Crippen LogP contribution in [-0.4, -0.2) is 10.4 Å². The minimum Gasteiger partial charge on any atom is -0.408 e. The number of nitrogens with zero attached hydrogens (tertiary/aromatic N) is 1. The normalized spacial score (nSPS) is 11.1. The number of carbonyl (C=O) groups excluding carboxylic acids is 1. The van der Waals surface area contributed by atoms with E-state index in [4.69, 9.17) is 16.0 Å². The Morgan fingerprint density at radius 3 is 2.81 bits per heavy atom. The van der Waals surface area contributed by atoms with Crippen molar-refractivity contribution in [2.24, 2.45) is 0 Å². The van der Waals surface area contributed by atoms with Gasteiger partial charge in [0.1, 0.15) is 0 Å². The maximum Gasteiger partial charge on any atom is 0.419 e. The number of halogens is 1. The highest BCUT2D eigenvalue weighted by Crippen LogP contribution is 2.25. The zero-order chi connectivity index (χ0) is 15.0. The molecule has 1 aromatic carbocycles. The molecule has 0 atom stereocenters. The first-order chi connectivity index (χ1) is 10.1. The van der Waals surface area contributed by atoms with Crippen molar-refractivity contribution >= 4 is 39.8 Å². The smallest absolute Gasteiger partial charge is 0.408 e. The van der Waals surface area contributed by atoms with E-state index in [0.717, 1.165) is 6.42 Å². The number of rotatable bonds is 4. The molecule has 0 N–H and O–H groups in total. The molecule has 0 fully saturated rings. The maximum absolute atomic E-state index is 12.3. The first-order valence-electron chi connectivity index (χ1n) is 6.53. The van der Waals surface area contributed by atoms with Crippen LogP contribution in [0.3, 0.4) is 0 Å². The molecule has 0 aliphatic heterocycles. The second-order valence-electron chi connectivity index (χ2n) is 4.63. The molecule has 108 valence electrons. The first kappa shape index (κ1) is 14.1. The van der Waals surface area contributed by atoms with Gasteiger partial charge in [0.05, 0.1) is 14.7 Å². The molecule has 3 aromatic rings. The van der Waals surface area contributed by atoms with E-state index < -0.39 is 5.76 Å². The van der Waals surface area contributed by atoms with Crippen LogP contribution in [0.4, 0.5) is 0 Å². The Morgan fingerprint density at radius 2 is 2.14 bits per heavy atom. The lowest BCUT2D eigenvalue weighted by Crippen LogP contribution is -2.13. The van der Waals surface area contributed by atoms with Crippen LogP contribution >= 0.6 is 22.9 Å². The number of fused-ring (bicyclic) bond motifs is 1. The van der Waals surface area contributed by atoms with Gasteiger partial charge in [-0.2, -0.15) is 0 Å². The fraction of sp³-hybridized carbons (Fsp3) is 0.200. The summed E-state index contributed by atoms with van der Waals surface area (Å²) in [7, 11) is 0. The number of aromatic nitrogens is 1. The Labute approximate surface area is 129 Å². The van der Waals surface area contributed by atoms with E-state index >= 15 is 0 Å². The van der Waals surface area contributed by atoms with E-state index in [0.29, 0.717) is 32.4 Å². The van der Waals surface area contributed by atoms with Gasteiger partial charge in [0, 0.05) is 12.1 Å². The molecule has 2 heterocycles. The maximum atomic E-state index is 12.3. The molecular formula is C15H12ClNO3S. The van der Waals surface area contributed by atoms with Gasteiger partial charge in [-0.15, -0.1) is 11.3 Å². The van der Waals surface area contributed by atoms with Crippen LogP contribution in [0.1, 0.15) is 28.6 Å². The van der Waals surface area contributed by atoms with Crippen LogP contribution in [0.2, 0.25) is 4.34 Å². The Balaban J connectivity index is 2.06. The third kappa shape index (κ3) is 2.54. The van der Waals surface area contributed by atoms with Gasteiger partial charge in [0.25, 0.3) is 0 Å². The van der Waals surface area contributed by atoms with Crippen molar-refractivity contribution < 1.29 is 9.21 Å². The monoisotopic (exact) mass is 321 g/mol.